The van der Waals surface area contributed by atoms with Crippen LogP contribution < -0.4 is 10.1 Å². The zero-order valence-corrected chi connectivity index (χ0v) is 18.9. The third-order valence-corrected chi connectivity index (χ3v) is 4.59. The Morgan fingerprint density at radius 3 is 2.09 bits per heavy atom. The number of rotatable bonds is 6. The summed E-state index contributed by atoms with van der Waals surface area (Å²) in [6.45, 7) is 4.02. The number of hydrogen-bond donors (Lipinski definition) is 2. The molecule has 0 aliphatic rings. The Morgan fingerprint density at radius 2 is 1.62 bits per heavy atom. The molecule has 2 N–H and O–H groups in total. The van der Waals surface area contributed by atoms with Crippen molar-refractivity contribution in [2.24, 2.45) is 9.78 Å². The highest BCUT2D eigenvalue weighted by atomic mass is 32.2. The molecule has 13 heteroatoms. The van der Waals surface area contributed by atoms with Crippen LogP contribution in [0.3, 0.4) is 0 Å². The van der Waals surface area contributed by atoms with Crippen molar-refractivity contribution in [3.63, 3.8) is 0 Å². The molecular formula is C21H19F3N2O7S. The molecule has 2 rings (SSSR count). The zero-order valence-electron chi connectivity index (χ0n) is 18.1. The minimum absolute atomic E-state index is 0.0541. The van der Waals surface area contributed by atoms with E-state index in [0.29, 0.717) is 6.07 Å². The molecule has 0 aliphatic heterocycles. The molecule has 0 atom stereocenters. The largest absolute Gasteiger partial charge is 0.480 e. The standard InChI is InChI=1S/C21H19F3N2O7S/c1-20(2,3)19(30)33-12-6-4-11(5-7-12)16-13(18(29)25-10-15(27)28)8-9-14(21(22,23)24)17(16)26-34(31)32/h4-9H,10H2,1-3H3,(H,25,29)(H,27,28). The molecule has 0 radical (unpaired) electrons. The molecule has 0 bridgehead atoms. The van der Waals surface area contributed by atoms with Crippen molar-refractivity contribution >= 4 is 34.0 Å². The van der Waals surface area contributed by atoms with Gasteiger partial charge in [0.1, 0.15) is 18.0 Å². The summed E-state index contributed by atoms with van der Waals surface area (Å²) in [6, 6.07) is 6.18. The van der Waals surface area contributed by atoms with Crippen molar-refractivity contribution in [3.8, 4) is 16.9 Å². The molecule has 0 aromatic heterocycles. The van der Waals surface area contributed by atoms with Gasteiger partial charge < -0.3 is 15.2 Å². The van der Waals surface area contributed by atoms with E-state index in [2.05, 4.69) is 4.36 Å². The molecule has 0 aliphatic carbocycles. The second kappa shape index (κ2) is 10.0. The van der Waals surface area contributed by atoms with Gasteiger partial charge in [0.2, 0.25) is 0 Å². The molecule has 2 aromatic rings. The number of carbonyl (C=O) groups is 3. The van der Waals surface area contributed by atoms with Crippen LogP contribution in [0.15, 0.2) is 40.8 Å². The fraction of sp³-hybridized carbons (Fsp3) is 0.286. The molecular weight excluding hydrogens is 481 g/mol. The Labute approximate surface area is 193 Å². The molecule has 0 saturated carbocycles. The molecule has 0 spiro atoms. The first-order chi connectivity index (χ1) is 15.6. The Bertz CT molecular complexity index is 1250. The highest BCUT2D eigenvalue weighted by Gasteiger charge is 2.36. The van der Waals surface area contributed by atoms with E-state index in [1.807, 2.05) is 5.32 Å². The maximum absolute atomic E-state index is 13.6. The molecule has 182 valence electrons. The molecule has 34 heavy (non-hydrogen) atoms. The smallest absolute Gasteiger partial charge is 0.418 e. The SMILES string of the molecule is CC(C)(C)C(=O)Oc1ccc(-c2c(C(=O)NCC(=O)O)ccc(C(F)(F)F)c2N=S(=O)=O)cc1. The normalized spacial score (nSPS) is 11.5. The number of benzene rings is 2. The fourth-order valence-corrected chi connectivity index (χ4v) is 3.01. The number of nitrogens with zero attached hydrogens (tertiary/aromatic N) is 1. The third kappa shape index (κ3) is 6.63. The Balaban J connectivity index is 2.73. The zero-order chi connectivity index (χ0) is 25.8. The van der Waals surface area contributed by atoms with Gasteiger partial charge in [-0.1, -0.05) is 12.1 Å². The van der Waals surface area contributed by atoms with Crippen molar-refractivity contribution in [3.05, 3.63) is 47.5 Å². The van der Waals surface area contributed by atoms with Crippen LogP contribution in [-0.2, 0) is 26.3 Å². The molecule has 2 aromatic carbocycles. The number of nitrogens with one attached hydrogen (secondary N) is 1. The van der Waals surface area contributed by atoms with Crippen LogP contribution in [0.25, 0.3) is 11.1 Å². The highest BCUT2D eigenvalue weighted by Crippen LogP contribution is 2.44. The first-order valence-electron chi connectivity index (χ1n) is 9.49. The summed E-state index contributed by atoms with van der Waals surface area (Å²) in [5.41, 5.74) is -4.33. The average molecular weight is 500 g/mol. The van der Waals surface area contributed by atoms with Crippen molar-refractivity contribution in [1.82, 2.24) is 5.32 Å². The van der Waals surface area contributed by atoms with E-state index in [4.69, 9.17) is 9.84 Å². The van der Waals surface area contributed by atoms with Gasteiger partial charge in [0, 0.05) is 11.1 Å². The quantitative estimate of drug-likeness (QED) is 0.454. The summed E-state index contributed by atoms with van der Waals surface area (Å²) in [6.07, 6.45) is -5.02. The number of halogens is 3. The second-order valence-corrected chi connectivity index (χ2v) is 8.55. The van der Waals surface area contributed by atoms with E-state index in [-0.39, 0.29) is 11.3 Å². The number of alkyl halides is 3. The van der Waals surface area contributed by atoms with Gasteiger partial charge in [-0.3, -0.25) is 14.4 Å². The summed E-state index contributed by atoms with van der Waals surface area (Å²) in [7, 11) is -3.32. The third-order valence-electron chi connectivity index (χ3n) is 4.26. The van der Waals surface area contributed by atoms with Crippen LogP contribution in [0.5, 0.6) is 5.75 Å². The summed E-state index contributed by atoms with van der Waals surface area (Å²) in [4.78, 5) is 35.4. The van der Waals surface area contributed by atoms with Gasteiger partial charge in [0.05, 0.1) is 11.0 Å². The van der Waals surface area contributed by atoms with Gasteiger partial charge in [-0.25, -0.2) is 0 Å². The summed E-state index contributed by atoms with van der Waals surface area (Å²) >= 11 is 0. The Kier molecular flexibility index (Phi) is 7.82. The predicted octanol–water partition coefficient (Wildman–Crippen LogP) is 3.83. The monoisotopic (exact) mass is 500 g/mol. The summed E-state index contributed by atoms with van der Waals surface area (Å²) < 4.78 is 71.5. The predicted molar refractivity (Wildman–Crippen MR) is 113 cm³/mol. The van der Waals surface area contributed by atoms with Crippen LogP contribution in [0, 0.1) is 5.41 Å². The van der Waals surface area contributed by atoms with Gasteiger partial charge in [-0.15, -0.1) is 4.36 Å². The minimum atomic E-state index is -5.02. The van der Waals surface area contributed by atoms with E-state index in [1.54, 1.807) is 20.8 Å². The lowest BCUT2D eigenvalue weighted by Crippen LogP contribution is -2.29. The van der Waals surface area contributed by atoms with E-state index < -0.39 is 68.9 Å². The molecule has 1 amide bonds. The lowest BCUT2D eigenvalue weighted by atomic mass is 9.93. The number of esters is 1. The van der Waals surface area contributed by atoms with Gasteiger partial charge in [0.15, 0.2) is 0 Å². The first-order valence-corrected chi connectivity index (χ1v) is 10.5. The highest BCUT2D eigenvalue weighted by molar-refractivity contribution is 7.61. The molecule has 0 heterocycles. The topological polar surface area (TPSA) is 139 Å². The molecule has 0 saturated heterocycles. The van der Waals surface area contributed by atoms with E-state index in [1.165, 1.54) is 24.3 Å². The van der Waals surface area contributed by atoms with Gasteiger partial charge in [0.25, 0.3) is 5.91 Å². The molecule has 0 unspecified atom stereocenters. The lowest BCUT2D eigenvalue weighted by molar-refractivity contribution is -0.143. The Morgan fingerprint density at radius 1 is 1.03 bits per heavy atom. The number of aliphatic carboxylic acids is 1. The maximum Gasteiger partial charge on any atom is 0.418 e. The maximum atomic E-state index is 13.6. The van der Waals surface area contributed by atoms with Crippen LogP contribution in [0.2, 0.25) is 0 Å². The van der Waals surface area contributed by atoms with Crippen LogP contribution in [0.4, 0.5) is 18.9 Å². The van der Waals surface area contributed by atoms with Crippen LogP contribution in [-0.4, -0.2) is 37.9 Å². The van der Waals surface area contributed by atoms with E-state index in [0.717, 1.165) is 6.07 Å². The van der Waals surface area contributed by atoms with Gasteiger partial charge in [-0.05, 0) is 50.6 Å². The number of ether oxygens (including phenoxy) is 1. The number of carboxylic acid groups (broad SMARTS) is 1. The van der Waals surface area contributed by atoms with Crippen LogP contribution in [0.1, 0.15) is 36.7 Å². The number of amides is 1. The van der Waals surface area contributed by atoms with E-state index >= 15 is 0 Å². The number of carbonyl (C=O) groups excluding carboxylic acids is 2. The van der Waals surface area contributed by atoms with Crippen molar-refractivity contribution in [1.29, 1.82) is 0 Å². The summed E-state index contributed by atoms with van der Waals surface area (Å²) in [5.74, 6) is -3.00. The van der Waals surface area contributed by atoms with Crippen molar-refractivity contribution in [2.75, 3.05) is 6.54 Å². The Hall–Kier alpha value is -3.74. The number of hydrogen-bond acceptors (Lipinski definition) is 7. The van der Waals surface area contributed by atoms with Gasteiger partial charge >= 0.3 is 28.6 Å². The first kappa shape index (κ1) is 26.5. The van der Waals surface area contributed by atoms with Gasteiger partial charge in [-0.2, -0.15) is 21.6 Å². The van der Waals surface area contributed by atoms with Crippen molar-refractivity contribution < 1.29 is 45.8 Å². The van der Waals surface area contributed by atoms with E-state index in [9.17, 15) is 36.0 Å². The second-order valence-electron chi connectivity index (χ2n) is 7.93. The summed E-state index contributed by atoms with van der Waals surface area (Å²) in [5, 5.41) is 10.8. The van der Waals surface area contributed by atoms with Crippen LogP contribution >= 0.6 is 0 Å². The molecule has 0 fully saturated rings. The number of carboxylic acids is 1. The van der Waals surface area contributed by atoms with Crippen molar-refractivity contribution in [2.45, 2.75) is 26.9 Å². The average Bonchev–Trinajstić information content (AvgIpc) is 2.70. The minimum Gasteiger partial charge on any atom is -0.480 e. The lowest BCUT2D eigenvalue weighted by Gasteiger charge is -2.18. The fourth-order valence-electron chi connectivity index (χ4n) is 2.67. The molecule has 9 nitrogen and oxygen atoms in total.